The van der Waals surface area contributed by atoms with Crippen LogP contribution in [0.25, 0.3) is 10.9 Å². The van der Waals surface area contributed by atoms with Crippen molar-refractivity contribution in [2.24, 2.45) is 0 Å². The van der Waals surface area contributed by atoms with Gasteiger partial charge in [-0.1, -0.05) is 0 Å². The van der Waals surface area contributed by atoms with Gasteiger partial charge in [-0.2, -0.15) is 0 Å². The summed E-state index contributed by atoms with van der Waals surface area (Å²) in [6.45, 7) is 3.00. The number of carbonyl (C=O) groups is 1. The van der Waals surface area contributed by atoms with Crippen LogP contribution >= 0.6 is 0 Å². The van der Waals surface area contributed by atoms with Gasteiger partial charge in [0.15, 0.2) is 0 Å². The molecular weight excluding hydrogens is 512 g/mol. The molecule has 2 heterocycles. The molecule has 1 amide bonds. The summed E-state index contributed by atoms with van der Waals surface area (Å²) >= 11 is 0.265. The van der Waals surface area contributed by atoms with Crippen LogP contribution in [0.5, 0.6) is 5.75 Å². The van der Waals surface area contributed by atoms with Crippen molar-refractivity contribution >= 4 is 43.0 Å². The number of halogens is 1. The van der Waals surface area contributed by atoms with Gasteiger partial charge in [-0.3, -0.25) is 0 Å². The molecule has 0 saturated carbocycles. The number of pyridine rings is 1. The van der Waals surface area contributed by atoms with Crippen LogP contribution in [-0.2, 0) is 13.1 Å². The summed E-state index contributed by atoms with van der Waals surface area (Å²) in [4.78, 5) is 19.1. The van der Waals surface area contributed by atoms with Crippen molar-refractivity contribution in [3.63, 3.8) is 0 Å². The van der Waals surface area contributed by atoms with Gasteiger partial charge in [0.1, 0.15) is 0 Å². The molecule has 1 aromatic heterocycles. The number of carbonyl (C=O) groups excluding carboxylic acids is 1. The van der Waals surface area contributed by atoms with E-state index in [0.717, 1.165) is 27.6 Å². The molecule has 0 radical (unpaired) electrons. The Morgan fingerprint density at radius 3 is 2.76 bits per heavy atom. The number of nitrogens with zero attached hydrogens (tertiary/aromatic N) is 2. The number of aryl methyl sites for hydroxylation is 1. The number of rotatable bonds is 3. The number of hydrogen-bond acceptors (Lipinski definition) is 3. The van der Waals surface area contributed by atoms with Crippen molar-refractivity contribution in [3.05, 3.63) is 70.7 Å². The van der Waals surface area contributed by atoms with Crippen LogP contribution in [0.4, 0.5) is 4.39 Å². The van der Waals surface area contributed by atoms with Gasteiger partial charge in [0, 0.05) is 0 Å². The van der Waals surface area contributed by atoms with Crippen molar-refractivity contribution in [2.75, 3.05) is 0 Å². The molecule has 0 aliphatic carbocycles. The van der Waals surface area contributed by atoms with Crippen LogP contribution < -0.4 is 2.69 Å². The molecule has 0 N–H and O–H groups in total. The van der Waals surface area contributed by atoms with E-state index in [2.05, 4.69) is 4.98 Å². The number of amides is 1. The van der Waals surface area contributed by atoms with Crippen LogP contribution in [0.1, 0.15) is 27.0 Å². The van der Waals surface area contributed by atoms with Crippen LogP contribution in [-0.4, -0.2) is 42.0 Å². The van der Waals surface area contributed by atoms with Crippen molar-refractivity contribution in [3.8, 4) is 5.75 Å². The first-order chi connectivity index (χ1) is 12.1. The molecule has 1 aliphatic heterocycles. The Labute approximate surface area is 161 Å². The second-order valence-electron chi connectivity index (χ2n) is 6.17. The van der Waals surface area contributed by atoms with Gasteiger partial charge in [-0.05, 0) is 0 Å². The molecule has 0 spiro atoms. The summed E-state index contributed by atoms with van der Waals surface area (Å²) in [5, 5.41) is 1.02. The van der Waals surface area contributed by atoms with Gasteiger partial charge in [0.2, 0.25) is 0 Å². The molecule has 1 aliphatic rings. The third kappa shape index (κ3) is 2.80. The van der Waals surface area contributed by atoms with E-state index >= 15 is 0 Å². The van der Waals surface area contributed by atoms with Crippen molar-refractivity contribution in [1.29, 1.82) is 0 Å². The molecule has 0 bridgehead atoms. The van der Waals surface area contributed by atoms with Gasteiger partial charge in [-0.25, -0.2) is 0 Å². The predicted molar refractivity (Wildman–Crippen MR) is 92.8 cm³/mol. The van der Waals surface area contributed by atoms with Gasteiger partial charge in [0.25, 0.3) is 0 Å². The van der Waals surface area contributed by atoms with Crippen LogP contribution in [0.15, 0.2) is 42.6 Å². The zero-order valence-electron chi connectivity index (χ0n) is 13.6. The fraction of sp³-hybridized carbons (Fsp3) is 0.158. The summed E-state index contributed by atoms with van der Waals surface area (Å²) in [5.74, 6) is 0.271. The number of aromatic nitrogens is 1. The van der Waals surface area contributed by atoms with Crippen LogP contribution in [0.3, 0.4) is 0 Å². The van der Waals surface area contributed by atoms with Gasteiger partial charge in [0.05, 0.1) is 0 Å². The van der Waals surface area contributed by atoms with E-state index < -0.39 is 0 Å². The molecule has 0 atom stereocenters. The van der Waals surface area contributed by atoms with E-state index in [-0.39, 0.29) is 37.9 Å². The maximum atomic E-state index is 13.1. The standard InChI is InChI=1S/C19H15FN2O2.Tl/c1-11-6-7-21-17-15(11)8-13-10-22(19(24)16(13)18(17)23)9-12-2-4-14(20)5-3-12;/h2-8,23H,9-10H2,1H3;/q;+1/p-1. The number of hydrogen-bond donors (Lipinski definition) is 0. The monoisotopic (exact) mass is 526 g/mol. The van der Waals surface area contributed by atoms with E-state index in [9.17, 15) is 9.18 Å². The molecule has 122 valence electrons. The summed E-state index contributed by atoms with van der Waals surface area (Å²) in [5.41, 5.74) is 4.34. The average Bonchev–Trinajstić information content (AvgIpc) is 2.91. The first kappa shape index (κ1) is 16.4. The minimum atomic E-state index is -0.278. The summed E-state index contributed by atoms with van der Waals surface area (Å²) in [7, 11) is 0. The van der Waals surface area contributed by atoms with Gasteiger partial charge >= 0.3 is 161 Å². The Morgan fingerprint density at radius 1 is 1.28 bits per heavy atom. The Morgan fingerprint density at radius 2 is 2.04 bits per heavy atom. The van der Waals surface area contributed by atoms with E-state index in [4.69, 9.17) is 2.69 Å². The molecule has 6 heteroatoms. The first-order valence-electron chi connectivity index (χ1n) is 7.90. The number of benzene rings is 2. The average molecular weight is 526 g/mol. The van der Waals surface area contributed by atoms with Gasteiger partial charge < -0.3 is 0 Å². The van der Waals surface area contributed by atoms with Crippen molar-refractivity contribution < 1.29 is 11.9 Å². The molecular formula is C19H14FN2O2Tl. The molecule has 4 rings (SSSR count). The predicted octanol–water partition coefficient (Wildman–Crippen LogP) is 3.30. The zero-order valence-corrected chi connectivity index (χ0v) is 18.1. The van der Waals surface area contributed by atoms with Crippen LogP contribution in [0.2, 0.25) is 0 Å². The van der Waals surface area contributed by atoms with E-state index in [0.29, 0.717) is 24.4 Å². The summed E-state index contributed by atoms with van der Waals surface area (Å²) in [6, 6.07) is 10.2. The third-order valence-electron chi connectivity index (χ3n) is 4.56. The van der Waals surface area contributed by atoms with Crippen molar-refractivity contribution in [1.82, 2.24) is 9.88 Å². The molecule has 25 heavy (non-hydrogen) atoms. The van der Waals surface area contributed by atoms with Crippen molar-refractivity contribution in [2.45, 2.75) is 20.0 Å². The molecule has 0 fully saturated rings. The fourth-order valence-electron chi connectivity index (χ4n) is 3.29. The summed E-state index contributed by atoms with van der Waals surface area (Å²) in [6.07, 6.45) is 1.74. The first-order valence-corrected chi connectivity index (χ1v) is 9.73. The SMILES string of the molecule is Cc1ccnc2c([O][Tl])c3c(cc12)CN(Cc1ccc(F)cc1)C3=O. The Balaban J connectivity index is 1.77. The Kier molecular flexibility index (Phi) is 4.18. The van der Waals surface area contributed by atoms with E-state index in [1.807, 2.05) is 19.1 Å². The second-order valence-corrected chi connectivity index (χ2v) is 7.09. The molecule has 0 saturated heterocycles. The molecule has 0 unspecified atom stereocenters. The molecule has 2 aromatic carbocycles. The summed E-state index contributed by atoms with van der Waals surface area (Å²) < 4.78 is 18.8. The number of fused-ring (bicyclic) bond motifs is 2. The quantitative estimate of drug-likeness (QED) is 0.493. The van der Waals surface area contributed by atoms with Crippen LogP contribution in [0, 0.1) is 12.7 Å². The van der Waals surface area contributed by atoms with Gasteiger partial charge in [-0.15, -0.1) is 0 Å². The van der Waals surface area contributed by atoms with E-state index in [1.54, 1.807) is 23.2 Å². The second kappa shape index (κ2) is 6.36. The normalized spacial score (nSPS) is 13.3. The molecule has 3 aromatic rings. The third-order valence-corrected chi connectivity index (χ3v) is 5.47. The Hall–Kier alpha value is -2.03. The minimum absolute atomic E-state index is 0.0554. The topological polar surface area (TPSA) is 42.4 Å². The van der Waals surface area contributed by atoms with E-state index in [1.165, 1.54) is 12.1 Å². The molecule has 4 nitrogen and oxygen atoms in total. The fourth-order valence-corrected chi connectivity index (χ4v) is 4.18. The zero-order chi connectivity index (χ0) is 17.6. The maximum absolute atomic E-state index is 13.1. The Bertz CT molecular complexity index is 989.